The number of hydrogen-bond acceptors (Lipinski definition) is 4. The normalized spacial score (nSPS) is 11.0. The number of rotatable bonds is 4. The number of aromatic nitrogens is 4. The van der Waals surface area contributed by atoms with Crippen LogP contribution >= 0.6 is 11.6 Å². The fourth-order valence-electron chi connectivity index (χ4n) is 3.02. The molecule has 0 aliphatic rings. The molecule has 0 radical (unpaired) electrons. The number of aryl methyl sites for hydroxylation is 1. The van der Waals surface area contributed by atoms with E-state index in [1.54, 1.807) is 7.11 Å². The first-order valence-corrected chi connectivity index (χ1v) is 8.59. The molecule has 2 heterocycles. The van der Waals surface area contributed by atoms with Crippen LogP contribution in [0.1, 0.15) is 11.1 Å². The Hall–Kier alpha value is -2.92. The Labute approximate surface area is 156 Å². The topological polar surface area (TPSA) is 52.8 Å². The van der Waals surface area contributed by atoms with Crippen molar-refractivity contribution in [1.82, 2.24) is 19.7 Å². The molecule has 0 bridgehead atoms. The lowest BCUT2D eigenvalue weighted by Crippen LogP contribution is -2.04. The van der Waals surface area contributed by atoms with Gasteiger partial charge in [0.1, 0.15) is 5.75 Å². The van der Waals surface area contributed by atoms with E-state index in [0.717, 1.165) is 38.4 Å². The molecule has 4 rings (SSSR count). The van der Waals surface area contributed by atoms with E-state index in [9.17, 15) is 0 Å². The zero-order valence-electron chi connectivity index (χ0n) is 14.5. The van der Waals surface area contributed by atoms with E-state index in [2.05, 4.69) is 15.1 Å². The fourth-order valence-corrected chi connectivity index (χ4v) is 3.30. The average molecular weight is 365 g/mol. The van der Waals surface area contributed by atoms with E-state index >= 15 is 0 Å². The summed E-state index contributed by atoms with van der Waals surface area (Å²) < 4.78 is 7.13. The molecule has 4 aromatic rings. The molecule has 0 saturated heterocycles. The zero-order chi connectivity index (χ0) is 18.1. The van der Waals surface area contributed by atoms with Crippen LogP contribution in [0.4, 0.5) is 0 Å². The van der Waals surface area contributed by atoms with Crippen molar-refractivity contribution in [1.29, 1.82) is 0 Å². The van der Waals surface area contributed by atoms with Crippen LogP contribution in [0.3, 0.4) is 0 Å². The van der Waals surface area contributed by atoms with Crippen molar-refractivity contribution in [3.05, 3.63) is 71.1 Å². The maximum absolute atomic E-state index is 6.12. The molecular weight excluding hydrogens is 348 g/mol. The van der Waals surface area contributed by atoms with Crippen molar-refractivity contribution in [2.24, 2.45) is 0 Å². The Balaban J connectivity index is 1.60. The number of ether oxygens (including phenoxy) is 1. The number of halogens is 1. The third kappa shape index (κ3) is 3.13. The van der Waals surface area contributed by atoms with E-state index in [4.69, 9.17) is 16.3 Å². The molecule has 130 valence electrons. The minimum absolute atomic E-state index is 0.606. The molecule has 5 nitrogen and oxygen atoms in total. The largest absolute Gasteiger partial charge is 0.497 e. The van der Waals surface area contributed by atoms with Gasteiger partial charge in [-0.15, -0.1) is 0 Å². The summed E-state index contributed by atoms with van der Waals surface area (Å²) in [6.45, 7) is 2.64. The van der Waals surface area contributed by atoms with Crippen molar-refractivity contribution in [2.45, 2.75) is 13.5 Å². The highest BCUT2D eigenvalue weighted by atomic mass is 35.5. The Kier molecular flexibility index (Phi) is 4.31. The van der Waals surface area contributed by atoms with Crippen molar-refractivity contribution in [3.63, 3.8) is 0 Å². The van der Waals surface area contributed by atoms with Gasteiger partial charge in [0.25, 0.3) is 0 Å². The van der Waals surface area contributed by atoms with Gasteiger partial charge in [0.2, 0.25) is 0 Å². The lowest BCUT2D eigenvalue weighted by Gasteiger charge is -2.07. The van der Waals surface area contributed by atoms with E-state index < -0.39 is 0 Å². The second-order valence-corrected chi connectivity index (χ2v) is 6.54. The van der Waals surface area contributed by atoms with Gasteiger partial charge in [-0.25, -0.2) is 9.97 Å². The number of fused-ring (bicyclic) bond motifs is 1. The summed E-state index contributed by atoms with van der Waals surface area (Å²) in [4.78, 5) is 8.97. The van der Waals surface area contributed by atoms with Gasteiger partial charge in [0.05, 0.1) is 25.4 Å². The third-order valence-electron chi connectivity index (χ3n) is 4.27. The Bertz CT molecular complexity index is 1060. The van der Waals surface area contributed by atoms with E-state index in [1.807, 2.05) is 66.6 Å². The Morgan fingerprint density at radius 1 is 1.04 bits per heavy atom. The summed E-state index contributed by atoms with van der Waals surface area (Å²) in [7, 11) is 1.65. The highest BCUT2D eigenvalue weighted by molar-refractivity contribution is 6.31. The Morgan fingerprint density at radius 3 is 2.46 bits per heavy atom. The third-order valence-corrected chi connectivity index (χ3v) is 4.49. The van der Waals surface area contributed by atoms with Gasteiger partial charge in [-0.2, -0.15) is 5.10 Å². The van der Waals surface area contributed by atoms with E-state index in [0.29, 0.717) is 12.4 Å². The van der Waals surface area contributed by atoms with E-state index in [1.165, 1.54) is 0 Å². The molecule has 0 spiro atoms. The standard InChI is InChI=1S/C20H17ClN4O/c1-13-7-17(21)8-16-11-24-25(19(13)16)12-14-9-22-20(23-10-14)15-3-5-18(26-2)6-4-15/h3-11H,12H2,1-2H3. The monoisotopic (exact) mass is 364 g/mol. The average Bonchev–Trinajstić information content (AvgIpc) is 3.05. The second-order valence-electron chi connectivity index (χ2n) is 6.11. The minimum atomic E-state index is 0.606. The van der Waals surface area contributed by atoms with Gasteiger partial charge in [-0.3, -0.25) is 4.68 Å². The molecule has 0 atom stereocenters. The van der Waals surface area contributed by atoms with Crippen molar-refractivity contribution in [3.8, 4) is 17.1 Å². The van der Waals surface area contributed by atoms with Crippen LogP contribution in [0.2, 0.25) is 5.02 Å². The second kappa shape index (κ2) is 6.77. The van der Waals surface area contributed by atoms with Crippen LogP contribution in [0.15, 0.2) is 55.0 Å². The van der Waals surface area contributed by atoms with Crippen LogP contribution in [0, 0.1) is 6.92 Å². The maximum Gasteiger partial charge on any atom is 0.159 e. The number of hydrogen-bond donors (Lipinski definition) is 0. The molecular formula is C20H17ClN4O. The van der Waals surface area contributed by atoms with Gasteiger partial charge in [0, 0.05) is 33.9 Å². The SMILES string of the molecule is COc1ccc(-c2ncc(Cn3ncc4cc(Cl)cc(C)c43)cn2)cc1. The molecule has 0 saturated carbocycles. The summed E-state index contributed by atoms with van der Waals surface area (Å²) >= 11 is 6.12. The molecule has 6 heteroatoms. The quantitative estimate of drug-likeness (QED) is 0.534. The van der Waals surface area contributed by atoms with Crippen molar-refractivity contribution < 1.29 is 4.74 Å². The molecule has 0 N–H and O–H groups in total. The Morgan fingerprint density at radius 2 is 1.77 bits per heavy atom. The molecule has 2 aromatic heterocycles. The molecule has 0 fully saturated rings. The van der Waals surface area contributed by atoms with Crippen LogP contribution in [-0.2, 0) is 6.54 Å². The highest BCUT2D eigenvalue weighted by Gasteiger charge is 2.09. The molecule has 26 heavy (non-hydrogen) atoms. The summed E-state index contributed by atoms with van der Waals surface area (Å²) in [6.07, 6.45) is 5.51. The van der Waals surface area contributed by atoms with E-state index in [-0.39, 0.29) is 0 Å². The highest BCUT2D eigenvalue weighted by Crippen LogP contribution is 2.24. The van der Waals surface area contributed by atoms with Crippen LogP contribution in [0.5, 0.6) is 5.75 Å². The lowest BCUT2D eigenvalue weighted by molar-refractivity contribution is 0.415. The summed E-state index contributed by atoms with van der Waals surface area (Å²) in [5, 5.41) is 6.24. The fraction of sp³-hybridized carbons (Fsp3) is 0.150. The van der Waals surface area contributed by atoms with Gasteiger partial charge < -0.3 is 4.74 Å². The first-order chi connectivity index (χ1) is 12.6. The maximum atomic E-state index is 6.12. The van der Waals surface area contributed by atoms with Crippen molar-refractivity contribution in [2.75, 3.05) is 7.11 Å². The number of benzene rings is 2. The lowest BCUT2D eigenvalue weighted by atomic mass is 10.1. The molecule has 0 unspecified atom stereocenters. The molecule has 2 aromatic carbocycles. The van der Waals surface area contributed by atoms with Gasteiger partial charge in [0.15, 0.2) is 5.82 Å². The van der Waals surface area contributed by atoms with Crippen LogP contribution < -0.4 is 4.74 Å². The molecule has 0 aliphatic heterocycles. The minimum Gasteiger partial charge on any atom is -0.497 e. The first kappa shape index (κ1) is 16.5. The summed E-state index contributed by atoms with van der Waals surface area (Å²) in [5.74, 6) is 1.50. The van der Waals surface area contributed by atoms with Crippen LogP contribution in [0.25, 0.3) is 22.3 Å². The summed E-state index contributed by atoms with van der Waals surface area (Å²) in [6, 6.07) is 11.6. The van der Waals surface area contributed by atoms with Gasteiger partial charge in [-0.05, 0) is 48.9 Å². The number of nitrogens with zero attached hydrogens (tertiary/aromatic N) is 4. The predicted octanol–water partition coefficient (Wildman–Crippen LogP) is 4.51. The molecule has 0 amide bonds. The summed E-state index contributed by atoms with van der Waals surface area (Å²) in [5.41, 5.74) is 4.11. The molecule has 0 aliphatic carbocycles. The smallest absolute Gasteiger partial charge is 0.159 e. The van der Waals surface area contributed by atoms with Crippen LogP contribution in [-0.4, -0.2) is 26.9 Å². The predicted molar refractivity (Wildman–Crippen MR) is 103 cm³/mol. The first-order valence-electron chi connectivity index (χ1n) is 8.21. The zero-order valence-corrected chi connectivity index (χ0v) is 15.2. The number of methoxy groups -OCH3 is 1. The van der Waals surface area contributed by atoms with Gasteiger partial charge in [-0.1, -0.05) is 11.6 Å². The van der Waals surface area contributed by atoms with Gasteiger partial charge >= 0.3 is 0 Å². The van der Waals surface area contributed by atoms with Crippen molar-refractivity contribution >= 4 is 22.5 Å².